The Bertz CT molecular complexity index is 1230. The lowest BCUT2D eigenvalue weighted by Gasteiger charge is -2.42. The quantitative estimate of drug-likeness (QED) is 0.420. The first-order valence-corrected chi connectivity index (χ1v) is 14.6. The molecule has 200 valence electrons. The number of hydrogen-bond donors (Lipinski definition) is 1. The van der Waals surface area contributed by atoms with Crippen molar-refractivity contribution in [3.63, 3.8) is 0 Å². The normalized spacial score (nSPS) is 20.5. The Morgan fingerprint density at radius 3 is 2.34 bits per heavy atom. The van der Waals surface area contributed by atoms with Gasteiger partial charge in [-0.25, -0.2) is 0 Å². The van der Waals surface area contributed by atoms with Crippen LogP contribution in [-0.2, 0) is 11.3 Å². The summed E-state index contributed by atoms with van der Waals surface area (Å²) in [7, 11) is 0. The molecule has 2 amide bonds. The average Bonchev–Trinajstić information content (AvgIpc) is 3.46. The number of amides is 2. The van der Waals surface area contributed by atoms with Gasteiger partial charge in [0.25, 0.3) is 5.91 Å². The summed E-state index contributed by atoms with van der Waals surface area (Å²) in [6.07, 6.45) is 0. The van der Waals surface area contributed by atoms with Crippen molar-refractivity contribution >= 4 is 28.8 Å². The molecule has 0 bridgehead atoms. The van der Waals surface area contributed by atoms with Gasteiger partial charge >= 0.3 is 0 Å². The van der Waals surface area contributed by atoms with Crippen molar-refractivity contribution in [1.82, 2.24) is 14.7 Å². The third kappa shape index (κ3) is 5.70. The third-order valence-corrected chi connectivity index (χ3v) is 8.60. The summed E-state index contributed by atoms with van der Waals surface area (Å²) in [4.78, 5) is 35.5. The molecule has 2 aliphatic rings. The predicted molar refractivity (Wildman–Crippen MR) is 155 cm³/mol. The molecule has 1 N–H and O–H groups in total. The van der Waals surface area contributed by atoms with Crippen molar-refractivity contribution in [2.75, 3.05) is 44.6 Å². The number of likely N-dealkylation sites (N-methyl/N-ethyl adjacent to an activating group) is 1. The Kier molecular flexibility index (Phi) is 8.27. The highest BCUT2D eigenvalue weighted by molar-refractivity contribution is 7.10. The number of benzene rings is 2. The van der Waals surface area contributed by atoms with Crippen molar-refractivity contribution in [3.8, 4) is 0 Å². The fourth-order valence-electron chi connectivity index (χ4n) is 5.68. The van der Waals surface area contributed by atoms with Crippen molar-refractivity contribution in [3.05, 3.63) is 87.6 Å². The van der Waals surface area contributed by atoms with Crippen LogP contribution in [0.4, 0.5) is 5.69 Å². The van der Waals surface area contributed by atoms with Crippen molar-refractivity contribution in [2.45, 2.75) is 39.3 Å². The Hall–Kier alpha value is -3.00. The van der Waals surface area contributed by atoms with Crippen LogP contribution in [0.3, 0.4) is 0 Å². The summed E-state index contributed by atoms with van der Waals surface area (Å²) in [5, 5.41) is 5.20. The second-order valence-corrected chi connectivity index (χ2v) is 11.8. The van der Waals surface area contributed by atoms with E-state index in [-0.39, 0.29) is 23.8 Å². The minimum atomic E-state index is -0.490. The number of nitrogens with zero attached hydrogens (tertiary/aromatic N) is 3. The van der Waals surface area contributed by atoms with Crippen LogP contribution in [0.1, 0.15) is 59.1 Å². The maximum Gasteiger partial charge on any atom is 0.254 e. The molecular formula is C31H38N4O2S. The standard InChI is InChI=1S/C31H38N4O2S/c1-4-33-15-17-34(18-16-33)21-23-11-13-24(14-12-23)32-30(36)28-25-8-5-6-9-26(25)31(37)35(20-22(2)3)29(28)27-10-7-19-38-27/h5-14,19,22,28-29H,4,15-18,20-21H2,1-3H3,(H,32,36)/t28-,29+/m0/s1. The van der Waals surface area contributed by atoms with E-state index in [1.807, 2.05) is 58.8 Å². The summed E-state index contributed by atoms with van der Waals surface area (Å²) < 4.78 is 0. The molecule has 6 nitrogen and oxygen atoms in total. The van der Waals surface area contributed by atoms with Gasteiger partial charge in [-0.3, -0.25) is 14.5 Å². The van der Waals surface area contributed by atoms with Gasteiger partial charge in [-0.2, -0.15) is 0 Å². The lowest BCUT2D eigenvalue weighted by atomic mass is 9.81. The number of carbonyl (C=O) groups excluding carboxylic acids is 2. The van der Waals surface area contributed by atoms with Crippen molar-refractivity contribution < 1.29 is 9.59 Å². The summed E-state index contributed by atoms with van der Waals surface area (Å²) in [5.74, 6) is -0.287. The number of thiophene rings is 1. The molecule has 0 spiro atoms. The van der Waals surface area contributed by atoms with E-state index < -0.39 is 5.92 Å². The maximum absolute atomic E-state index is 14.0. The van der Waals surface area contributed by atoms with Gasteiger partial charge in [-0.15, -0.1) is 11.3 Å². The molecule has 5 rings (SSSR count). The van der Waals surface area contributed by atoms with Crippen LogP contribution in [0.2, 0.25) is 0 Å². The number of rotatable bonds is 8. The zero-order valence-electron chi connectivity index (χ0n) is 22.6. The van der Waals surface area contributed by atoms with Gasteiger partial charge in [0.15, 0.2) is 0 Å². The van der Waals surface area contributed by atoms with Crippen molar-refractivity contribution in [1.29, 1.82) is 0 Å². The van der Waals surface area contributed by atoms with E-state index in [4.69, 9.17) is 0 Å². The molecule has 1 fully saturated rings. The van der Waals surface area contributed by atoms with Gasteiger partial charge in [0.2, 0.25) is 5.91 Å². The Balaban J connectivity index is 1.37. The first-order chi connectivity index (χ1) is 18.4. The van der Waals surface area contributed by atoms with E-state index in [1.54, 1.807) is 11.3 Å². The van der Waals surface area contributed by atoms with Gasteiger partial charge in [-0.05, 0) is 53.2 Å². The first kappa shape index (κ1) is 26.6. The van der Waals surface area contributed by atoms with Gasteiger partial charge in [0.05, 0.1) is 12.0 Å². The fourth-order valence-corrected chi connectivity index (χ4v) is 6.56. The topological polar surface area (TPSA) is 55.9 Å². The molecule has 2 aliphatic heterocycles. The highest BCUT2D eigenvalue weighted by Gasteiger charge is 2.44. The maximum atomic E-state index is 14.0. The molecule has 0 unspecified atom stereocenters. The van der Waals surface area contributed by atoms with Crippen LogP contribution in [0.15, 0.2) is 66.0 Å². The van der Waals surface area contributed by atoms with E-state index >= 15 is 0 Å². The second kappa shape index (κ2) is 11.8. The summed E-state index contributed by atoms with van der Waals surface area (Å²) in [6.45, 7) is 13.5. The minimum absolute atomic E-state index is 0.000808. The molecule has 0 saturated carbocycles. The molecule has 38 heavy (non-hydrogen) atoms. The Morgan fingerprint density at radius 2 is 1.68 bits per heavy atom. The van der Waals surface area contributed by atoms with E-state index in [0.29, 0.717) is 12.1 Å². The number of fused-ring (bicyclic) bond motifs is 1. The average molecular weight is 531 g/mol. The van der Waals surface area contributed by atoms with E-state index in [0.717, 1.165) is 55.4 Å². The zero-order valence-corrected chi connectivity index (χ0v) is 23.4. The summed E-state index contributed by atoms with van der Waals surface area (Å²) in [6, 6.07) is 19.5. The molecule has 2 atom stereocenters. The molecule has 0 aliphatic carbocycles. The zero-order chi connectivity index (χ0) is 26.6. The monoisotopic (exact) mass is 530 g/mol. The van der Waals surface area contributed by atoms with Crippen LogP contribution in [0.25, 0.3) is 0 Å². The van der Waals surface area contributed by atoms with Crippen LogP contribution in [0, 0.1) is 5.92 Å². The molecule has 1 aromatic heterocycles. The highest BCUT2D eigenvalue weighted by atomic mass is 32.1. The van der Waals surface area contributed by atoms with Gasteiger partial charge in [0, 0.05) is 55.4 Å². The van der Waals surface area contributed by atoms with Crippen molar-refractivity contribution in [2.24, 2.45) is 5.92 Å². The lowest BCUT2D eigenvalue weighted by Crippen LogP contribution is -2.47. The Morgan fingerprint density at radius 1 is 0.974 bits per heavy atom. The lowest BCUT2D eigenvalue weighted by molar-refractivity contribution is -0.119. The van der Waals surface area contributed by atoms with Crippen LogP contribution >= 0.6 is 11.3 Å². The van der Waals surface area contributed by atoms with Crippen LogP contribution in [-0.4, -0.2) is 65.8 Å². The van der Waals surface area contributed by atoms with E-state index in [2.05, 4.69) is 48.0 Å². The van der Waals surface area contributed by atoms with Gasteiger partial charge in [0.1, 0.15) is 0 Å². The first-order valence-electron chi connectivity index (χ1n) is 13.7. The SMILES string of the molecule is CCN1CCN(Cc2ccc(NC(=O)[C@H]3c4ccccc4C(=O)N(CC(C)C)[C@@H]3c3cccs3)cc2)CC1. The Labute approximate surface area is 230 Å². The smallest absolute Gasteiger partial charge is 0.254 e. The molecule has 2 aromatic carbocycles. The molecule has 7 heteroatoms. The molecular weight excluding hydrogens is 492 g/mol. The molecule has 3 heterocycles. The summed E-state index contributed by atoms with van der Waals surface area (Å²) >= 11 is 1.60. The number of carbonyl (C=O) groups is 2. The molecule has 3 aromatic rings. The number of nitrogens with one attached hydrogen (secondary N) is 1. The predicted octanol–water partition coefficient (Wildman–Crippen LogP) is 5.46. The highest BCUT2D eigenvalue weighted by Crippen LogP contribution is 2.45. The summed E-state index contributed by atoms with van der Waals surface area (Å²) in [5.41, 5.74) is 3.46. The van der Waals surface area contributed by atoms with Crippen LogP contribution < -0.4 is 5.32 Å². The number of piperazine rings is 1. The molecule has 0 radical (unpaired) electrons. The van der Waals surface area contributed by atoms with Gasteiger partial charge < -0.3 is 15.1 Å². The van der Waals surface area contributed by atoms with Gasteiger partial charge in [-0.1, -0.05) is 57.2 Å². The fraction of sp³-hybridized carbons (Fsp3) is 0.419. The molecule has 1 saturated heterocycles. The van der Waals surface area contributed by atoms with E-state index in [9.17, 15) is 9.59 Å². The second-order valence-electron chi connectivity index (χ2n) is 10.8. The largest absolute Gasteiger partial charge is 0.329 e. The number of hydrogen-bond acceptors (Lipinski definition) is 5. The van der Waals surface area contributed by atoms with E-state index in [1.165, 1.54) is 5.56 Å². The van der Waals surface area contributed by atoms with Crippen LogP contribution in [0.5, 0.6) is 0 Å². The minimum Gasteiger partial charge on any atom is -0.329 e. The number of anilines is 1. The third-order valence-electron chi connectivity index (χ3n) is 7.66.